The number of primary amides is 1. The number of non-ortho nitro benzene ring substituents is 1. The molecule has 1 aromatic carbocycles. The summed E-state index contributed by atoms with van der Waals surface area (Å²) in [5.41, 5.74) is 6.53. The number of carbonyl (C=O) groups is 1. The first-order valence-corrected chi connectivity index (χ1v) is 5.07. The van der Waals surface area contributed by atoms with Crippen LogP contribution in [0.5, 0.6) is 0 Å². The quantitative estimate of drug-likeness (QED) is 0.646. The maximum Gasteiger partial charge on any atom is 0.269 e. The van der Waals surface area contributed by atoms with E-state index in [-0.39, 0.29) is 11.3 Å². The first kappa shape index (κ1) is 11.8. The zero-order valence-electron chi connectivity index (χ0n) is 9.53. The molecule has 0 aliphatic carbocycles. The highest BCUT2D eigenvalue weighted by atomic mass is 16.6. The molecule has 1 aromatic heterocycles. The van der Waals surface area contributed by atoms with Crippen molar-refractivity contribution in [2.24, 2.45) is 12.8 Å². The van der Waals surface area contributed by atoms with Crippen molar-refractivity contribution in [1.29, 1.82) is 0 Å². The van der Waals surface area contributed by atoms with Crippen LogP contribution in [0, 0.1) is 10.1 Å². The highest BCUT2D eigenvalue weighted by Crippen LogP contribution is 2.23. The normalized spacial score (nSPS) is 10.3. The SMILES string of the molecule is Cn1cc(C(N)=O)c(-c2ccc([N+](=O)[O-])cc2)n1. The van der Waals surface area contributed by atoms with E-state index >= 15 is 0 Å². The van der Waals surface area contributed by atoms with E-state index in [0.29, 0.717) is 11.3 Å². The summed E-state index contributed by atoms with van der Waals surface area (Å²) < 4.78 is 1.47. The molecule has 0 saturated carbocycles. The van der Waals surface area contributed by atoms with E-state index < -0.39 is 10.8 Å². The number of aryl methyl sites for hydroxylation is 1. The van der Waals surface area contributed by atoms with Crippen LogP contribution in [0.4, 0.5) is 5.69 Å². The minimum Gasteiger partial charge on any atom is -0.365 e. The molecule has 0 atom stereocenters. The van der Waals surface area contributed by atoms with E-state index in [2.05, 4.69) is 5.10 Å². The van der Waals surface area contributed by atoms with E-state index in [4.69, 9.17) is 5.73 Å². The maximum atomic E-state index is 11.2. The molecule has 0 unspecified atom stereocenters. The number of hydrogen-bond donors (Lipinski definition) is 1. The molecule has 0 aliphatic heterocycles. The van der Waals surface area contributed by atoms with E-state index in [1.807, 2.05) is 0 Å². The van der Waals surface area contributed by atoms with Gasteiger partial charge >= 0.3 is 0 Å². The van der Waals surface area contributed by atoms with E-state index in [1.165, 1.54) is 35.1 Å². The molecule has 1 amide bonds. The molecule has 0 aliphatic rings. The van der Waals surface area contributed by atoms with Gasteiger partial charge in [-0.05, 0) is 12.1 Å². The molecule has 0 bridgehead atoms. The Kier molecular flexibility index (Phi) is 2.80. The Bertz CT molecular complexity index is 616. The minimum atomic E-state index is -0.587. The van der Waals surface area contributed by atoms with E-state index in [9.17, 15) is 14.9 Å². The van der Waals surface area contributed by atoms with Crippen LogP contribution in [-0.2, 0) is 7.05 Å². The zero-order chi connectivity index (χ0) is 13.3. The van der Waals surface area contributed by atoms with E-state index in [1.54, 1.807) is 7.05 Å². The summed E-state index contributed by atoms with van der Waals surface area (Å²) in [4.78, 5) is 21.3. The Morgan fingerprint density at radius 3 is 2.50 bits per heavy atom. The number of nitro groups is 1. The summed E-state index contributed by atoms with van der Waals surface area (Å²) in [6, 6.07) is 5.78. The highest BCUT2D eigenvalue weighted by Gasteiger charge is 2.15. The second kappa shape index (κ2) is 4.28. The molecule has 7 nitrogen and oxygen atoms in total. The van der Waals surface area contributed by atoms with Gasteiger partial charge in [0, 0.05) is 30.9 Å². The van der Waals surface area contributed by atoms with Crippen LogP contribution in [0.2, 0.25) is 0 Å². The molecule has 0 saturated heterocycles. The van der Waals surface area contributed by atoms with Gasteiger partial charge < -0.3 is 5.73 Å². The topological polar surface area (TPSA) is 104 Å². The van der Waals surface area contributed by atoms with E-state index in [0.717, 1.165) is 0 Å². The number of carbonyl (C=O) groups excluding carboxylic acids is 1. The molecule has 0 fully saturated rings. The second-order valence-corrected chi connectivity index (χ2v) is 3.73. The van der Waals surface area contributed by atoms with Crippen molar-refractivity contribution in [3.8, 4) is 11.3 Å². The molecule has 1 heterocycles. The van der Waals surface area contributed by atoms with Crippen LogP contribution >= 0.6 is 0 Å². The fourth-order valence-corrected chi connectivity index (χ4v) is 1.62. The van der Waals surface area contributed by atoms with Gasteiger partial charge in [0.25, 0.3) is 11.6 Å². The summed E-state index contributed by atoms with van der Waals surface area (Å²) in [5.74, 6) is -0.587. The lowest BCUT2D eigenvalue weighted by molar-refractivity contribution is -0.384. The van der Waals surface area contributed by atoms with Gasteiger partial charge in [0.05, 0.1) is 10.5 Å². The zero-order valence-corrected chi connectivity index (χ0v) is 9.53. The Labute approximate surface area is 102 Å². The predicted octanol–water partition coefficient (Wildman–Crippen LogP) is 1.09. The van der Waals surface area contributed by atoms with Crippen molar-refractivity contribution in [3.63, 3.8) is 0 Å². The molecule has 7 heteroatoms. The first-order valence-electron chi connectivity index (χ1n) is 5.07. The van der Waals surface area contributed by atoms with Gasteiger partial charge in [-0.3, -0.25) is 19.6 Å². The maximum absolute atomic E-state index is 11.2. The average Bonchev–Trinajstić information content (AvgIpc) is 2.71. The summed E-state index contributed by atoms with van der Waals surface area (Å²) in [6.07, 6.45) is 1.51. The highest BCUT2D eigenvalue weighted by molar-refractivity contribution is 5.98. The van der Waals surface area contributed by atoms with Gasteiger partial charge in [0.2, 0.25) is 0 Å². The summed E-state index contributed by atoms with van der Waals surface area (Å²) in [7, 11) is 1.67. The standard InChI is InChI=1S/C11H10N4O3/c1-14-6-9(11(12)16)10(13-14)7-2-4-8(5-3-7)15(17)18/h2-6H,1H3,(H2,12,16). The number of aromatic nitrogens is 2. The molecule has 0 radical (unpaired) electrons. The van der Waals surface area contributed by atoms with Crippen molar-refractivity contribution in [2.45, 2.75) is 0 Å². The van der Waals surface area contributed by atoms with Gasteiger partial charge in [-0.25, -0.2) is 0 Å². The predicted molar refractivity (Wildman–Crippen MR) is 63.8 cm³/mol. The van der Waals surface area contributed by atoms with Crippen molar-refractivity contribution in [2.75, 3.05) is 0 Å². The van der Waals surface area contributed by atoms with Crippen LogP contribution in [0.25, 0.3) is 11.3 Å². The Balaban J connectivity index is 2.48. The lowest BCUT2D eigenvalue weighted by atomic mass is 10.1. The van der Waals surface area contributed by atoms with Crippen molar-refractivity contribution in [1.82, 2.24) is 9.78 Å². The van der Waals surface area contributed by atoms with Gasteiger partial charge in [0.15, 0.2) is 0 Å². The number of rotatable bonds is 3. The average molecular weight is 246 g/mol. The van der Waals surface area contributed by atoms with Crippen LogP contribution in [-0.4, -0.2) is 20.6 Å². The van der Waals surface area contributed by atoms with Crippen LogP contribution in [0.15, 0.2) is 30.5 Å². The monoisotopic (exact) mass is 246 g/mol. The number of amides is 1. The number of benzene rings is 1. The third-order valence-corrected chi connectivity index (χ3v) is 2.45. The van der Waals surface area contributed by atoms with Crippen molar-refractivity contribution in [3.05, 3.63) is 46.1 Å². The third kappa shape index (κ3) is 2.05. The van der Waals surface area contributed by atoms with Gasteiger partial charge in [-0.1, -0.05) is 0 Å². The molecule has 18 heavy (non-hydrogen) atoms. The largest absolute Gasteiger partial charge is 0.365 e. The van der Waals surface area contributed by atoms with Crippen molar-refractivity contribution >= 4 is 11.6 Å². The Morgan fingerprint density at radius 1 is 1.39 bits per heavy atom. The molecule has 2 rings (SSSR count). The van der Waals surface area contributed by atoms with Crippen LogP contribution < -0.4 is 5.73 Å². The summed E-state index contributed by atoms with van der Waals surface area (Å²) in [5, 5.41) is 14.7. The Morgan fingerprint density at radius 2 is 2.00 bits per heavy atom. The number of hydrogen-bond acceptors (Lipinski definition) is 4. The number of nitrogens with two attached hydrogens (primary N) is 1. The molecular formula is C11H10N4O3. The minimum absolute atomic E-state index is 0.0182. The smallest absolute Gasteiger partial charge is 0.269 e. The number of nitro benzene ring substituents is 1. The lowest BCUT2D eigenvalue weighted by Crippen LogP contribution is -2.11. The van der Waals surface area contributed by atoms with Gasteiger partial charge in [-0.15, -0.1) is 0 Å². The Hall–Kier alpha value is -2.70. The molecule has 0 spiro atoms. The lowest BCUT2D eigenvalue weighted by Gasteiger charge is -1.99. The molecule has 92 valence electrons. The van der Waals surface area contributed by atoms with Gasteiger partial charge in [0.1, 0.15) is 5.69 Å². The molecule has 2 aromatic rings. The second-order valence-electron chi connectivity index (χ2n) is 3.73. The summed E-state index contributed by atoms with van der Waals surface area (Å²) in [6.45, 7) is 0. The van der Waals surface area contributed by atoms with Crippen molar-refractivity contribution < 1.29 is 9.72 Å². The third-order valence-electron chi connectivity index (χ3n) is 2.45. The van der Waals surface area contributed by atoms with Crippen LogP contribution in [0.3, 0.4) is 0 Å². The van der Waals surface area contributed by atoms with Crippen LogP contribution in [0.1, 0.15) is 10.4 Å². The number of nitrogens with zero attached hydrogens (tertiary/aromatic N) is 3. The van der Waals surface area contributed by atoms with Gasteiger partial charge in [-0.2, -0.15) is 5.10 Å². The molecule has 2 N–H and O–H groups in total. The molecular weight excluding hydrogens is 236 g/mol. The fraction of sp³-hybridized carbons (Fsp3) is 0.0909. The first-order chi connectivity index (χ1) is 8.49. The summed E-state index contributed by atoms with van der Waals surface area (Å²) >= 11 is 0. The fourth-order valence-electron chi connectivity index (χ4n) is 1.62.